The molecule has 5 aromatic carbocycles. The number of nitrogens with one attached hydrogen (secondary N) is 6. The molecule has 2 heterocycles. The fourth-order valence-electron chi connectivity index (χ4n) is 5.24. The number of hydrogen-bond donors (Lipinski definition) is 8. The van der Waals surface area contributed by atoms with Crippen LogP contribution in [0.25, 0.3) is 0 Å². The number of anilines is 10. The highest BCUT2D eigenvalue weighted by Gasteiger charge is 2.13. The highest BCUT2D eigenvalue weighted by molar-refractivity contribution is 7.94. The van der Waals surface area contributed by atoms with Crippen molar-refractivity contribution >= 4 is 80.6 Å². The Labute approximate surface area is 336 Å². The second-order valence-electron chi connectivity index (χ2n) is 12.1. The fraction of sp³-hybridized carbons (Fsp3) is 0.0526. The molecule has 0 aliphatic rings. The Bertz CT molecular complexity index is 2560. The number of hydrogen-bond acceptors (Lipinski definition) is 18. The highest BCUT2D eigenvalue weighted by Crippen LogP contribution is 2.26. The first-order valence-electron chi connectivity index (χ1n) is 17.3. The molecule has 294 valence electrons. The molecule has 0 aliphatic carbocycles. The van der Waals surface area contributed by atoms with Crippen molar-refractivity contribution in [3.63, 3.8) is 0 Å². The molecule has 58 heavy (non-hydrogen) atoms. The van der Waals surface area contributed by atoms with Gasteiger partial charge in [0, 0.05) is 40.7 Å². The average molecular weight is 819 g/mol. The van der Waals surface area contributed by atoms with Crippen molar-refractivity contribution in [3.8, 4) is 0 Å². The normalized spacial score (nSPS) is 11.1. The van der Waals surface area contributed by atoms with Gasteiger partial charge in [-0.05, 0) is 71.8 Å². The molecule has 0 unspecified atom stereocenters. The first-order valence-corrected chi connectivity index (χ1v) is 19.5. The third-order valence-electron chi connectivity index (χ3n) is 7.89. The molecule has 18 nitrogen and oxygen atoms in total. The summed E-state index contributed by atoms with van der Waals surface area (Å²) in [7, 11) is -4.41. The Balaban J connectivity index is 1.03. The summed E-state index contributed by atoms with van der Waals surface area (Å²) in [6.45, 7) is 0.776. The molecule has 0 amide bonds. The van der Waals surface area contributed by atoms with E-state index in [1.807, 2.05) is 91.0 Å². The van der Waals surface area contributed by atoms with Crippen LogP contribution in [0.3, 0.4) is 0 Å². The summed E-state index contributed by atoms with van der Waals surface area (Å²) in [5.74, 6) is 1.56. The molecule has 2 aromatic heterocycles. The summed E-state index contributed by atoms with van der Waals surface area (Å²) in [6, 6.07) is 39.6. The number of rotatable bonds is 18. The van der Waals surface area contributed by atoms with E-state index >= 15 is 0 Å². The van der Waals surface area contributed by atoms with Gasteiger partial charge in [-0.1, -0.05) is 77.8 Å². The van der Waals surface area contributed by atoms with Crippen LogP contribution in [0.1, 0.15) is 11.1 Å². The van der Waals surface area contributed by atoms with Crippen molar-refractivity contribution < 1.29 is 27.6 Å². The van der Waals surface area contributed by atoms with Crippen molar-refractivity contribution in [3.05, 3.63) is 145 Å². The fourth-order valence-corrected chi connectivity index (χ4v) is 6.19. The quantitative estimate of drug-likeness (QED) is 0.0177. The Morgan fingerprint density at radius 2 is 0.914 bits per heavy atom. The van der Waals surface area contributed by atoms with Gasteiger partial charge in [-0.2, -0.15) is 38.3 Å². The van der Waals surface area contributed by atoms with Crippen molar-refractivity contribution in [1.29, 1.82) is 0 Å². The van der Waals surface area contributed by atoms with E-state index in [0.29, 0.717) is 41.3 Å². The lowest BCUT2D eigenvalue weighted by Gasteiger charge is -2.13. The molecule has 0 aliphatic heterocycles. The number of para-hydroxylation sites is 2. The molecule has 0 saturated carbocycles. The molecular formula is C38H34N12O6S2. The van der Waals surface area contributed by atoms with Crippen LogP contribution >= 0.6 is 12.0 Å². The summed E-state index contributed by atoms with van der Waals surface area (Å²) >= 11 is 0.834. The maximum Gasteiger partial charge on any atom is 0.294 e. The van der Waals surface area contributed by atoms with Gasteiger partial charge >= 0.3 is 0 Å². The van der Waals surface area contributed by atoms with Crippen molar-refractivity contribution in [2.75, 3.05) is 31.9 Å². The van der Waals surface area contributed by atoms with E-state index in [2.05, 4.69) is 71.2 Å². The van der Waals surface area contributed by atoms with Gasteiger partial charge in [0.2, 0.25) is 35.7 Å². The monoisotopic (exact) mass is 818 g/mol. The van der Waals surface area contributed by atoms with E-state index in [0.717, 1.165) is 34.5 Å². The van der Waals surface area contributed by atoms with E-state index in [9.17, 15) is 13.0 Å². The van der Waals surface area contributed by atoms with E-state index in [1.165, 1.54) is 18.2 Å². The topological polar surface area (TPSA) is 243 Å². The van der Waals surface area contributed by atoms with Gasteiger partial charge in [0.1, 0.15) is 0 Å². The first-order chi connectivity index (χ1) is 28.2. The lowest BCUT2D eigenvalue weighted by atomic mass is 10.1. The third-order valence-corrected chi connectivity index (χ3v) is 9.32. The van der Waals surface area contributed by atoms with Crippen LogP contribution in [0.4, 0.5) is 58.4 Å². The summed E-state index contributed by atoms with van der Waals surface area (Å²) in [6.07, 6.45) is 0. The Hall–Kier alpha value is -6.94. The lowest BCUT2D eigenvalue weighted by Crippen LogP contribution is -2.10. The zero-order valence-corrected chi connectivity index (χ0v) is 31.8. The van der Waals surface area contributed by atoms with Gasteiger partial charge in [-0.15, -0.1) is 4.33 Å². The van der Waals surface area contributed by atoms with Gasteiger partial charge in [-0.3, -0.25) is 4.55 Å². The molecule has 7 rings (SSSR count). The predicted octanol–water partition coefficient (Wildman–Crippen LogP) is 7.93. The van der Waals surface area contributed by atoms with Crippen molar-refractivity contribution in [2.45, 2.75) is 22.9 Å². The van der Waals surface area contributed by atoms with Crippen LogP contribution in [0.15, 0.2) is 143 Å². The second-order valence-corrected chi connectivity index (χ2v) is 14.3. The maximum atomic E-state index is 11.7. The van der Waals surface area contributed by atoms with E-state index in [-0.39, 0.29) is 28.7 Å². The Morgan fingerprint density at radius 1 is 0.500 bits per heavy atom. The maximum absolute atomic E-state index is 11.7. The molecule has 20 heteroatoms. The zero-order valence-electron chi connectivity index (χ0n) is 30.1. The zero-order chi connectivity index (χ0) is 40.2. The van der Waals surface area contributed by atoms with Crippen molar-refractivity contribution in [1.82, 2.24) is 29.9 Å². The summed E-state index contributed by atoms with van der Waals surface area (Å²) in [4.78, 5) is 27.5. The van der Waals surface area contributed by atoms with E-state index in [1.54, 1.807) is 24.3 Å². The lowest BCUT2D eigenvalue weighted by molar-refractivity contribution is -0.432. The standard InChI is InChI=1S/C38H34N12O6S2/c51-55-56-57-31-15-7-13-29(21-31)43-37-47-33(45-35(49-37)41-27-9-3-1-4-10-27)39-23-25-17-19-26(20-18-25)24-40-34-46-36(42-28-11-5-2-6-12-28)50-38(48-34)44-30-14-8-16-32(22-30)58(52,53)54/h1-22,51H,23-24H2,(H,52,53,54)(H3,39,41,43,45,47,49)(H3,40,42,44,46,48,50). The van der Waals surface area contributed by atoms with Crippen LogP contribution in [0.5, 0.6) is 0 Å². The van der Waals surface area contributed by atoms with Crippen LogP contribution in [-0.4, -0.2) is 48.1 Å². The van der Waals surface area contributed by atoms with Gasteiger partial charge in [-0.25, -0.2) is 5.26 Å². The smallest absolute Gasteiger partial charge is 0.294 e. The minimum atomic E-state index is -4.41. The van der Waals surface area contributed by atoms with E-state index < -0.39 is 10.1 Å². The van der Waals surface area contributed by atoms with Crippen LogP contribution in [0.2, 0.25) is 0 Å². The SMILES string of the molecule is O=S(=O)(O)c1cccc(Nc2nc(NCc3ccc(CNc4nc(Nc5ccccc5)nc(Nc5cccc(SOOO)c5)n4)cc3)nc(Nc3ccccc3)n2)c1. The molecule has 8 N–H and O–H groups in total. The predicted molar refractivity (Wildman–Crippen MR) is 220 cm³/mol. The molecule has 0 bridgehead atoms. The number of aromatic nitrogens is 6. The molecule has 0 atom stereocenters. The number of nitrogens with zero attached hydrogens (tertiary/aromatic N) is 6. The van der Waals surface area contributed by atoms with Gasteiger partial charge in [0.05, 0.1) is 16.9 Å². The minimum Gasteiger partial charge on any atom is -0.350 e. The summed E-state index contributed by atoms with van der Waals surface area (Å²) < 4.78 is 37.4. The number of benzene rings is 5. The van der Waals surface area contributed by atoms with Gasteiger partial charge in [0.15, 0.2) is 0 Å². The largest absolute Gasteiger partial charge is 0.350 e. The van der Waals surface area contributed by atoms with Crippen molar-refractivity contribution in [2.24, 2.45) is 0 Å². The molecule has 0 radical (unpaired) electrons. The van der Waals surface area contributed by atoms with Gasteiger partial charge < -0.3 is 31.9 Å². The van der Waals surface area contributed by atoms with Crippen LogP contribution in [-0.2, 0) is 32.6 Å². The average Bonchev–Trinajstić information content (AvgIpc) is 3.22. The minimum absolute atomic E-state index is 0.138. The Morgan fingerprint density at radius 3 is 1.38 bits per heavy atom. The Kier molecular flexibility index (Phi) is 12.7. The molecule has 0 fully saturated rings. The summed E-state index contributed by atoms with van der Waals surface area (Å²) in [5.41, 5.74) is 4.46. The summed E-state index contributed by atoms with van der Waals surface area (Å²) in [5, 5.41) is 31.3. The van der Waals surface area contributed by atoms with Crippen LogP contribution in [0, 0.1) is 0 Å². The molecular weight excluding hydrogens is 785 g/mol. The third kappa shape index (κ3) is 11.5. The second kappa shape index (κ2) is 18.8. The molecule has 0 spiro atoms. The van der Waals surface area contributed by atoms with Gasteiger partial charge in [0.25, 0.3) is 10.1 Å². The van der Waals surface area contributed by atoms with Crippen LogP contribution < -0.4 is 31.9 Å². The molecule has 7 aromatic rings. The molecule has 0 saturated heterocycles. The first kappa shape index (κ1) is 39.3. The van der Waals surface area contributed by atoms with E-state index in [4.69, 9.17) is 5.26 Å². The highest BCUT2D eigenvalue weighted by atomic mass is 32.2.